The van der Waals surface area contributed by atoms with Crippen molar-refractivity contribution in [3.8, 4) is 0 Å². The van der Waals surface area contributed by atoms with Crippen LogP contribution in [0.1, 0.15) is 0 Å². The highest BCUT2D eigenvalue weighted by atomic mass is 79.9. The zero-order valence-electron chi connectivity index (χ0n) is 3.19. The number of aromatic nitrogens is 1. The first-order valence-electron chi connectivity index (χ1n) is 1.55. The van der Waals surface area contributed by atoms with E-state index in [1.54, 1.807) is 0 Å². The maximum absolute atomic E-state index is 11.7. The first-order chi connectivity index (χ1) is 3.29. The summed E-state index contributed by atoms with van der Waals surface area (Å²) in [5, 5.41) is 0. The number of hydrogen-bond donors (Lipinski definition) is 0. The Morgan fingerprint density at radius 3 is 2.71 bits per heavy atom. The first kappa shape index (κ1) is 4.77. The Morgan fingerprint density at radius 2 is 2.57 bits per heavy atom. The van der Waals surface area contributed by atoms with Crippen LogP contribution in [0.15, 0.2) is 15.5 Å². The molecule has 1 aromatic rings. The van der Waals surface area contributed by atoms with Crippen LogP contribution in [0, 0.1) is 5.95 Å². The van der Waals surface area contributed by atoms with Crippen LogP contribution in [0.3, 0.4) is 0 Å². The summed E-state index contributed by atoms with van der Waals surface area (Å²) in [6, 6.07) is 0. The minimum absolute atomic E-state index is 0.171. The fourth-order valence-corrected chi connectivity index (χ4v) is 0.497. The number of halogens is 2. The molecule has 0 spiro atoms. The lowest BCUT2D eigenvalue weighted by atomic mass is 10.9. The molecule has 0 aliphatic rings. The van der Waals surface area contributed by atoms with Gasteiger partial charge in [0.15, 0.2) is 0 Å². The fraction of sp³-hybridized carbons (Fsp3) is 0. The summed E-state index contributed by atoms with van der Waals surface area (Å²) in [5.74, 6) is -0.605. The maximum Gasteiger partial charge on any atom is 0.266 e. The van der Waals surface area contributed by atoms with Gasteiger partial charge in [0.25, 0.3) is 10.7 Å². The van der Waals surface area contributed by atoms with E-state index in [-0.39, 0.29) is 4.80 Å². The quantitative estimate of drug-likeness (QED) is 0.584. The van der Waals surface area contributed by atoms with Gasteiger partial charge >= 0.3 is 0 Å². The van der Waals surface area contributed by atoms with Crippen LogP contribution in [0.5, 0.6) is 0 Å². The summed E-state index contributed by atoms with van der Waals surface area (Å²) >= 11 is 2.81. The van der Waals surface area contributed by atoms with E-state index in [0.717, 1.165) is 6.26 Å². The molecule has 0 amide bonds. The molecule has 1 rings (SSSR count). The smallest absolute Gasteiger partial charge is 0.266 e. The highest BCUT2D eigenvalue weighted by Gasteiger charge is 1.94. The number of oxazole rings is 1. The van der Waals surface area contributed by atoms with Gasteiger partial charge in [-0.15, -0.1) is 0 Å². The molecule has 0 saturated carbocycles. The van der Waals surface area contributed by atoms with E-state index in [1.807, 2.05) is 0 Å². The standard InChI is InChI=1S/C3HBrFNO/c4-3-6-2(5)1-7-3/h1H. The monoisotopic (exact) mass is 165 g/mol. The van der Waals surface area contributed by atoms with Crippen molar-refractivity contribution in [3.63, 3.8) is 0 Å². The number of nitrogens with zero attached hydrogens (tertiary/aromatic N) is 1. The van der Waals surface area contributed by atoms with E-state index in [4.69, 9.17) is 0 Å². The molecule has 0 saturated heterocycles. The van der Waals surface area contributed by atoms with Gasteiger partial charge in [-0.1, -0.05) is 0 Å². The minimum atomic E-state index is -0.605. The molecule has 0 atom stereocenters. The zero-order chi connectivity index (χ0) is 5.28. The molecule has 0 aliphatic carbocycles. The van der Waals surface area contributed by atoms with Gasteiger partial charge in [0.1, 0.15) is 6.26 Å². The van der Waals surface area contributed by atoms with E-state index < -0.39 is 5.95 Å². The molecule has 7 heavy (non-hydrogen) atoms. The summed E-state index contributed by atoms with van der Waals surface area (Å²) in [6.45, 7) is 0. The maximum atomic E-state index is 11.7. The second kappa shape index (κ2) is 1.61. The molecule has 0 N–H and O–H groups in total. The molecule has 2 nitrogen and oxygen atoms in total. The largest absolute Gasteiger partial charge is 0.436 e. The summed E-state index contributed by atoms with van der Waals surface area (Å²) in [7, 11) is 0. The van der Waals surface area contributed by atoms with Gasteiger partial charge in [-0.3, -0.25) is 0 Å². The van der Waals surface area contributed by atoms with Gasteiger partial charge in [0.2, 0.25) is 0 Å². The van der Waals surface area contributed by atoms with Crippen molar-refractivity contribution in [2.45, 2.75) is 0 Å². The number of rotatable bonds is 0. The first-order valence-corrected chi connectivity index (χ1v) is 2.35. The molecule has 0 aliphatic heterocycles. The lowest BCUT2D eigenvalue weighted by Crippen LogP contribution is -1.64. The predicted molar refractivity (Wildman–Crippen MR) is 24.2 cm³/mol. The molecule has 0 fully saturated rings. The molecule has 1 heterocycles. The van der Waals surface area contributed by atoms with E-state index in [9.17, 15) is 4.39 Å². The Bertz CT molecular complexity index is 147. The van der Waals surface area contributed by atoms with E-state index >= 15 is 0 Å². The average molecular weight is 166 g/mol. The average Bonchev–Trinajstić information content (AvgIpc) is 1.87. The molecule has 1 aromatic heterocycles. The van der Waals surface area contributed by atoms with Crippen LogP contribution >= 0.6 is 15.9 Å². The van der Waals surface area contributed by atoms with Crippen molar-refractivity contribution in [3.05, 3.63) is 17.0 Å². The van der Waals surface area contributed by atoms with Gasteiger partial charge in [-0.2, -0.15) is 9.37 Å². The minimum Gasteiger partial charge on any atom is -0.436 e. The van der Waals surface area contributed by atoms with Crippen LogP contribution in [0.25, 0.3) is 0 Å². The second-order valence-electron chi connectivity index (χ2n) is 0.923. The molecule has 4 heteroatoms. The van der Waals surface area contributed by atoms with E-state index in [2.05, 4.69) is 25.3 Å². The van der Waals surface area contributed by atoms with Crippen molar-refractivity contribution in [2.24, 2.45) is 0 Å². The van der Waals surface area contributed by atoms with Crippen LogP contribution in [0.4, 0.5) is 4.39 Å². The zero-order valence-corrected chi connectivity index (χ0v) is 4.77. The van der Waals surface area contributed by atoms with E-state index in [1.165, 1.54) is 0 Å². The van der Waals surface area contributed by atoms with Gasteiger partial charge in [0, 0.05) is 15.9 Å². The molecular formula is C3HBrFNO. The Balaban J connectivity index is 3.04. The summed E-state index contributed by atoms with van der Waals surface area (Å²) in [4.78, 5) is 3.37. The third kappa shape index (κ3) is 0.991. The summed E-state index contributed by atoms with van der Waals surface area (Å²) in [5.41, 5.74) is 0. The molecule has 0 aromatic carbocycles. The molecular weight excluding hydrogens is 165 g/mol. The van der Waals surface area contributed by atoms with Crippen LogP contribution < -0.4 is 0 Å². The molecule has 0 bridgehead atoms. The topological polar surface area (TPSA) is 26.0 Å². The number of hydrogen-bond acceptors (Lipinski definition) is 2. The lowest BCUT2D eigenvalue weighted by Gasteiger charge is -1.64. The van der Waals surface area contributed by atoms with Crippen molar-refractivity contribution < 1.29 is 8.81 Å². The van der Waals surface area contributed by atoms with Crippen molar-refractivity contribution in [1.29, 1.82) is 0 Å². The van der Waals surface area contributed by atoms with E-state index in [0.29, 0.717) is 0 Å². The predicted octanol–water partition coefficient (Wildman–Crippen LogP) is 1.58. The van der Waals surface area contributed by atoms with Crippen LogP contribution in [0.2, 0.25) is 0 Å². The molecule has 0 unspecified atom stereocenters. The van der Waals surface area contributed by atoms with Crippen molar-refractivity contribution in [2.75, 3.05) is 0 Å². The SMILES string of the molecule is Fc1coc(Br)n1. The van der Waals surface area contributed by atoms with Crippen molar-refractivity contribution >= 4 is 15.9 Å². The van der Waals surface area contributed by atoms with Crippen LogP contribution in [-0.2, 0) is 0 Å². The summed E-state index contributed by atoms with van der Waals surface area (Å²) in [6.07, 6.45) is 0.921. The highest BCUT2D eigenvalue weighted by Crippen LogP contribution is 2.05. The van der Waals surface area contributed by atoms with Gasteiger partial charge in [0.05, 0.1) is 0 Å². The van der Waals surface area contributed by atoms with Crippen LogP contribution in [-0.4, -0.2) is 4.98 Å². The second-order valence-corrected chi connectivity index (χ2v) is 1.60. The Morgan fingerprint density at radius 1 is 1.86 bits per heavy atom. The Labute approximate surface area is 47.5 Å². The van der Waals surface area contributed by atoms with Gasteiger partial charge in [-0.25, -0.2) is 0 Å². The summed E-state index contributed by atoms with van der Waals surface area (Å²) < 4.78 is 16.1. The van der Waals surface area contributed by atoms with Gasteiger partial charge < -0.3 is 4.42 Å². The normalized spacial score (nSPS) is 9.43. The highest BCUT2D eigenvalue weighted by molar-refractivity contribution is 9.10. The lowest BCUT2D eigenvalue weighted by molar-refractivity contribution is 0.515. The van der Waals surface area contributed by atoms with Crippen molar-refractivity contribution in [1.82, 2.24) is 4.98 Å². The Kier molecular flexibility index (Phi) is 1.10. The van der Waals surface area contributed by atoms with Gasteiger partial charge in [-0.05, 0) is 0 Å². The Hall–Kier alpha value is -0.380. The fourth-order valence-electron chi connectivity index (χ4n) is 0.234. The third-order valence-electron chi connectivity index (χ3n) is 0.448. The molecule has 38 valence electrons. The molecule has 0 radical (unpaired) electrons. The third-order valence-corrected chi connectivity index (χ3v) is 0.812.